The van der Waals surface area contributed by atoms with E-state index < -0.39 is 28.8 Å². The van der Waals surface area contributed by atoms with Gasteiger partial charge in [-0.25, -0.2) is 4.99 Å². The SMILES string of the molecule is COc1cc(Cl)c(C)cc1NC(=O)CC1SC(=Nc2ccccc2C(F)(F)F)NC1=O. The maximum Gasteiger partial charge on any atom is 0.418 e. The molecule has 1 fully saturated rings. The number of carbonyl (C=O) groups is 2. The molecule has 31 heavy (non-hydrogen) atoms. The van der Waals surface area contributed by atoms with E-state index in [-0.39, 0.29) is 17.3 Å². The van der Waals surface area contributed by atoms with E-state index in [2.05, 4.69) is 15.6 Å². The van der Waals surface area contributed by atoms with Crippen LogP contribution < -0.4 is 15.4 Å². The van der Waals surface area contributed by atoms with Crippen LogP contribution in [0.2, 0.25) is 5.02 Å². The van der Waals surface area contributed by atoms with Gasteiger partial charge in [0.1, 0.15) is 11.0 Å². The Kier molecular flexibility index (Phi) is 6.80. The van der Waals surface area contributed by atoms with Crippen molar-refractivity contribution in [3.05, 3.63) is 52.5 Å². The second kappa shape index (κ2) is 9.19. The number of rotatable bonds is 5. The fourth-order valence-corrected chi connectivity index (χ4v) is 3.95. The Balaban J connectivity index is 1.72. The van der Waals surface area contributed by atoms with Crippen molar-refractivity contribution in [1.29, 1.82) is 0 Å². The Morgan fingerprint density at radius 3 is 2.71 bits per heavy atom. The molecule has 1 unspecified atom stereocenters. The third-order valence-corrected chi connectivity index (χ3v) is 5.82. The number of hydrogen-bond donors (Lipinski definition) is 2. The van der Waals surface area contributed by atoms with Crippen molar-refractivity contribution < 1.29 is 27.5 Å². The maximum atomic E-state index is 13.1. The quantitative estimate of drug-likeness (QED) is 0.648. The van der Waals surface area contributed by atoms with Crippen LogP contribution in [0.25, 0.3) is 0 Å². The highest BCUT2D eigenvalue weighted by molar-refractivity contribution is 8.15. The molecule has 2 aromatic carbocycles. The van der Waals surface area contributed by atoms with Gasteiger partial charge in [-0.15, -0.1) is 0 Å². The minimum absolute atomic E-state index is 0.000539. The zero-order valence-corrected chi connectivity index (χ0v) is 17.9. The number of aryl methyl sites for hydroxylation is 1. The van der Waals surface area contributed by atoms with Crippen LogP contribution in [0.15, 0.2) is 41.4 Å². The van der Waals surface area contributed by atoms with Crippen LogP contribution in [0.5, 0.6) is 5.75 Å². The van der Waals surface area contributed by atoms with Crippen molar-refractivity contribution >= 4 is 51.7 Å². The van der Waals surface area contributed by atoms with E-state index >= 15 is 0 Å². The summed E-state index contributed by atoms with van der Waals surface area (Å²) in [5.41, 5.74) is -0.109. The van der Waals surface area contributed by atoms with Gasteiger partial charge >= 0.3 is 6.18 Å². The molecule has 2 aromatic rings. The second-order valence-corrected chi connectivity index (χ2v) is 8.18. The summed E-state index contributed by atoms with van der Waals surface area (Å²) in [5.74, 6) is -0.620. The fourth-order valence-electron chi connectivity index (χ4n) is 2.81. The molecule has 3 rings (SSSR count). The smallest absolute Gasteiger partial charge is 0.418 e. The summed E-state index contributed by atoms with van der Waals surface area (Å²) in [4.78, 5) is 28.6. The van der Waals surface area contributed by atoms with Gasteiger partial charge in [-0.05, 0) is 30.7 Å². The van der Waals surface area contributed by atoms with Crippen LogP contribution in [0, 0.1) is 6.92 Å². The molecule has 2 amide bonds. The third kappa shape index (κ3) is 5.50. The number of anilines is 1. The molecule has 1 aliphatic rings. The van der Waals surface area contributed by atoms with Crippen molar-refractivity contribution in [2.45, 2.75) is 24.8 Å². The van der Waals surface area contributed by atoms with Crippen LogP contribution in [0.3, 0.4) is 0 Å². The predicted molar refractivity (Wildman–Crippen MR) is 114 cm³/mol. The Hall–Kier alpha value is -2.72. The number of hydrogen-bond acceptors (Lipinski definition) is 5. The number of alkyl halides is 3. The maximum absolute atomic E-state index is 13.1. The lowest BCUT2D eigenvalue weighted by molar-refractivity contribution is -0.137. The number of ether oxygens (including phenoxy) is 1. The van der Waals surface area contributed by atoms with E-state index in [0.717, 1.165) is 23.4 Å². The van der Waals surface area contributed by atoms with Gasteiger partial charge in [0.2, 0.25) is 11.8 Å². The minimum atomic E-state index is -4.58. The van der Waals surface area contributed by atoms with Crippen molar-refractivity contribution in [1.82, 2.24) is 5.32 Å². The molecular weight excluding hydrogens is 455 g/mol. The standard InChI is InChI=1S/C20H17ClF3N3O3S/c1-10-7-14(15(30-2)8-12(10)21)25-17(28)9-16-18(29)27-19(31-16)26-13-6-4-3-5-11(13)20(22,23)24/h3-8,16H,9H2,1-2H3,(H,25,28)(H,26,27,29). The molecule has 1 atom stereocenters. The highest BCUT2D eigenvalue weighted by atomic mass is 35.5. The highest BCUT2D eigenvalue weighted by Gasteiger charge is 2.35. The van der Waals surface area contributed by atoms with Crippen LogP contribution in [-0.2, 0) is 15.8 Å². The number of halogens is 4. The van der Waals surface area contributed by atoms with Crippen molar-refractivity contribution in [3.63, 3.8) is 0 Å². The molecule has 1 aliphatic heterocycles. The van der Waals surface area contributed by atoms with Crippen LogP contribution in [-0.4, -0.2) is 29.3 Å². The second-order valence-electron chi connectivity index (χ2n) is 6.58. The third-order valence-electron chi connectivity index (χ3n) is 4.33. The van der Waals surface area contributed by atoms with E-state index in [1.54, 1.807) is 19.1 Å². The number of aliphatic imine (C=N–C) groups is 1. The number of thioether (sulfide) groups is 1. The van der Waals surface area contributed by atoms with Gasteiger partial charge in [0, 0.05) is 17.5 Å². The molecule has 1 saturated heterocycles. The first-order chi connectivity index (χ1) is 14.6. The lowest BCUT2D eigenvalue weighted by Crippen LogP contribution is -2.28. The first-order valence-corrected chi connectivity index (χ1v) is 10.2. The lowest BCUT2D eigenvalue weighted by Gasteiger charge is -2.13. The summed E-state index contributed by atoms with van der Waals surface area (Å²) in [6.45, 7) is 1.76. The van der Waals surface area contributed by atoms with Gasteiger partial charge in [-0.3, -0.25) is 9.59 Å². The normalized spacial score (nSPS) is 17.5. The summed E-state index contributed by atoms with van der Waals surface area (Å²) in [7, 11) is 1.43. The number of nitrogens with one attached hydrogen (secondary N) is 2. The van der Waals surface area contributed by atoms with Gasteiger partial charge in [0.15, 0.2) is 5.17 Å². The van der Waals surface area contributed by atoms with Crippen LogP contribution in [0.1, 0.15) is 17.5 Å². The molecule has 164 valence electrons. The van der Waals surface area contributed by atoms with Gasteiger partial charge in [-0.1, -0.05) is 35.5 Å². The molecule has 0 spiro atoms. The summed E-state index contributed by atoms with van der Waals surface area (Å²) in [6, 6.07) is 7.99. The van der Waals surface area contributed by atoms with Crippen LogP contribution in [0.4, 0.5) is 24.5 Å². The fraction of sp³-hybridized carbons (Fsp3) is 0.250. The van der Waals surface area contributed by atoms with Gasteiger partial charge in [0.05, 0.1) is 24.0 Å². The topological polar surface area (TPSA) is 79.8 Å². The summed E-state index contributed by atoms with van der Waals surface area (Å²) in [6.07, 6.45) is -4.79. The highest BCUT2D eigenvalue weighted by Crippen LogP contribution is 2.37. The zero-order chi connectivity index (χ0) is 22.8. The van der Waals surface area contributed by atoms with Gasteiger partial charge < -0.3 is 15.4 Å². The molecular formula is C20H17ClF3N3O3S. The Morgan fingerprint density at radius 1 is 1.32 bits per heavy atom. The number of methoxy groups -OCH3 is 1. The summed E-state index contributed by atoms with van der Waals surface area (Å²) in [5, 5.41) is 4.73. The largest absolute Gasteiger partial charge is 0.495 e. The first-order valence-electron chi connectivity index (χ1n) is 8.95. The molecule has 0 saturated carbocycles. The monoisotopic (exact) mass is 471 g/mol. The average Bonchev–Trinajstić information content (AvgIpc) is 3.02. The van der Waals surface area contributed by atoms with Gasteiger partial charge in [0.25, 0.3) is 0 Å². The molecule has 1 heterocycles. The molecule has 2 N–H and O–H groups in total. The molecule has 6 nitrogen and oxygen atoms in total. The predicted octanol–water partition coefficient (Wildman–Crippen LogP) is 4.92. The van der Waals surface area contributed by atoms with E-state index in [4.69, 9.17) is 16.3 Å². The van der Waals surface area contributed by atoms with Crippen LogP contribution >= 0.6 is 23.4 Å². The number of nitrogens with zero attached hydrogens (tertiary/aromatic N) is 1. The lowest BCUT2D eigenvalue weighted by atomic mass is 10.2. The van der Waals surface area contributed by atoms with E-state index in [1.807, 2.05) is 0 Å². The molecule has 0 aromatic heterocycles. The van der Waals surface area contributed by atoms with Crippen molar-refractivity contribution in [2.75, 3.05) is 12.4 Å². The number of amidine groups is 1. The Morgan fingerprint density at radius 2 is 2.03 bits per heavy atom. The van der Waals surface area contributed by atoms with E-state index in [9.17, 15) is 22.8 Å². The Labute approximate surface area is 185 Å². The summed E-state index contributed by atoms with van der Waals surface area (Å²) < 4.78 is 44.6. The zero-order valence-electron chi connectivity index (χ0n) is 16.3. The van der Waals surface area contributed by atoms with Crippen molar-refractivity contribution in [3.8, 4) is 5.75 Å². The molecule has 11 heteroatoms. The number of benzene rings is 2. The van der Waals surface area contributed by atoms with Gasteiger partial charge in [-0.2, -0.15) is 13.2 Å². The van der Waals surface area contributed by atoms with E-state index in [0.29, 0.717) is 16.5 Å². The minimum Gasteiger partial charge on any atom is -0.495 e. The molecule has 0 aliphatic carbocycles. The number of amides is 2. The number of para-hydroxylation sites is 1. The number of carbonyl (C=O) groups excluding carboxylic acids is 2. The van der Waals surface area contributed by atoms with Crippen molar-refractivity contribution in [2.24, 2.45) is 4.99 Å². The van der Waals surface area contributed by atoms with E-state index in [1.165, 1.54) is 25.3 Å². The average molecular weight is 472 g/mol. The Bertz CT molecular complexity index is 1060. The first kappa shape index (κ1) is 23.0. The molecule has 0 radical (unpaired) electrons. The molecule has 0 bridgehead atoms. The summed E-state index contributed by atoms with van der Waals surface area (Å²) >= 11 is 6.94.